The van der Waals surface area contributed by atoms with Gasteiger partial charge in [0.05, 0.1) is 6.04 Å². The molecule has 0 aliphatic carbocycles. The van der Waals surface area contributed by atoms with Gasteiger partial charge in [-0.15, -0.1) is 0 Å². The molecule has 5 nitrogen and oxygen atoms in total. The molecule has 1 unspecified atom stereocenters. The van der Waals surface area contributed by atoms with Crippen molar-refractivity contribution in [3.05, 3.63) is 35.7 Å². The van der Waals surface area contributed by atoms with E-state index in [0.29, 0.717) is 18.3 Å². The minimum absolute atomic E-state index is 0.235. The zero-order valence-corrected chi connectivity index (χ0v) is 10.9. The Labute approximate surface area is 107 Å². The van der Waals surface area contributed by atoms with Crippen LogP contribution in [0.25, 0.3) is 11.5 Å². The molecule has 0 amide bonds. The Kier molecular flexibility index (Phi) is 3.74. The van der Waals surface area contributed by atoms with E-state index in [1.54, 1.807) is 0 Å². The molecule has 2 rings (SSSR count). The lowest BCUT2D eigenvalue weighted by atomic mass is 10.1. The maximum absolute atomic E-state index is 6.00. The second-order valence-corrected chi connectivity index (χ2v) is 4.64. The van der Waals surface area contributed by atoms with Crippen molar-refractivity contribution in [2.75, 3.05) is 20.6 Å². The Bertz CT molecular complexity index is 521. The maximum atomic E-state index is 6.00. The molecule has 18 heavy (non-hydrogen) atoms. The predicted molar refractivity (Wildman–Crippen MR) is 70.0 cm³/mol. The summed E-state index contributed by atoms with van der Waals surface area (Å²) in [6.45, 7) is 2.70. The van der Waals surface area contributed by atoms with Gasteiger partial charge >= 0.3 is 0 Å². The summed E-state index contributed by atoms with van der Waals surface area (Å²) in [5, 5.41) is 3.95. The first kappa shape index (κ1) is 12.7. The lowest BCUT2D eigenvalue weighted by Crippen LogP contribution is -2.26. The van der Waals surface area contributed by atoms with Crippen LogP contribution < -0.4 is 5.73 Å². The molecule has 0 saturated heterocycles. The van der Waals surface area contributed by atoms with E-state index in [9.17, 15) is 0 Å². The molecule has 0 radical (unpaired) electrons. The summed E-state index contributed by atoms with van der Waals surface area (Å²) in [6.07, 6.45) is 0. The number of aromatic nitrogens is 2. The summed E-state index contributed by atoms with van der Waals surface area (Å²) in [6, 6.07) is 7.67. The summed E-state index contributed by atoms with van der Waals surface area (Å²) in [5.74, 6) is 1.07. The maximum Gasteiger partial charge on any atom is 0.258 e. The third-order valence-electron chi connectivity index (χ3n) is 2.71. The van der Waals surface area contributed by atoms with Crippen LogP contribution in [-0.2, 0) is 0 Å². The number of benzene rings is 1. The van der Waals surface area contributed by atoms with E-state index in [1.165, 1.54) is 0 Å². The summed E-state index contributed by atoms with van der Waals surface area (Å²) in [7, 11) is 3.92. The molecule has 5 heteroatoms. The molecule has 1 heterocycles. The molecular weight excluding hydrogens is 228 g/mol. The third-order valence-corrected chi connectivity index (χ3v) is 2.71. The molecule has 0 bridgehead atoms. The number of hydrogen-bond donors (Lipinski definition) is 1. The molecule has 0 saturated carbocycles. The highest BCUT2D eigenvalue weighted by atomic mass is 16.5. The molecular formula is C13H18N4O. The Morgan fingerprint density at radius 2 is 2.06 bits per heavy atom. The van der Waals surface area contributed by atoms with Crippen LogP contribution in [0, 0.1) is 6.92 Å². The smallest absolute Gasteiger partial charge is 0.258 e. The van der Waals surface area contributed by atoms with Crippen molar-refractivity contribution in [1.29, 1.82) is 0 Å². The minimum Gasteiger partial charge on any atom is -0.334 e. The van der Waals surface area contributed by atoms with Gasteiger partial charge < -0.3 is 15.2 Å². The Morgan fingerprint density at radius 1 is 1.33 bits per heavy atom. The van der Waals surface area contributed by atoms with Gasteiger partial charge in [0.15, 0.2) is 5.82 Å². The highest BCUT2D eigenvalue weighted by molar-refractivity contribution is 5.57. The van der Waals surface area contributed by atoms with Gasteiger partial charge in [0.2, 0.25) is 0 Å². The van der Waals surface area contributed by atoms with E-state index in [4.69, 9.17) is 10.3 Å². The number of nitrogens with two attached hydrogens (primary N) is 1. The molecule has 0 fully saturated rings. The van der Waals surface area contributed by atoms with Crippen molar-refractivity contribution >= 4 is 0 Å². The monoisotopic (exact) mass is 246 g/mol. The first-order valence-electron chi connectivity index (χ1n) is 5.88. The first-order valence-corrected chi connectivity index (χ1v) is 5.88. The van der Waals surface area contributed by atoms with E-state index in [0.717, 1.165) is 11.1 Å². The standard InChI is InChI=1S/C13H18N4O/c1-9-6-4-5-7-10(9)13-15-12(16-18-13)11(14)8-17(2)3/h4-7,11H,8,14H2,1-3H3. The lowest BCUT2D eigenvalue weighted by Gasteiger charge is -2.12. The van der Waals surface area contributed by atoms with Crippen LogP contribution >= 0.6 is 0 Å². The normalized spacial score (nSPS) is 12.9. The Hall–Kier alpha value is -1.72. The highest BCUT2D eigenvalue weighted by Gasteiger charge is 2.16. The van der Waals surface area contributed by atoms with Crippen molar-refractivity contribution in [2.45, 2.75) is 13.0 Å². The number of aryl methyl sites for hydroxylation is 1. The van der Waals surface area contributed by atoms with Gasteiger partial charge in [0.1, 0.15) is 0 Å². The van der Waals surface area contributed by atoms with Crippen LogP contribution in [0.2, 0.25) is 0 Å². The van der Waals surface area contributed by atoms with Crippen LogP contribution in [-0.4, -0.2) is 35.7 Å². The molecule has 0 spiro atoms. The summed E-state index contributed by atoms with van der Waals surface area (Å²) in [4.78, 5) is 6.36. The van der Waals surface area contributed by atoms with Crippen molar-refractivity contribution in [1.82, 2.24) is 15.0 Å². The first-order chi connectivity index (χ1) is 8.58. The molecule has 1 atom stereocenters. The van der Waals surface area contributed by atoms with Gasteiger partial charge in [0.25, 0.3) is 5.89 Å². The minimum atomic E-state index is -0.235. The number of likely N-dealkylation sites (N-methyl/N-ethyl adjacent to an activating group) is 1. The quantitative estimate of drug-likeness (QED) is 0.887. The van der Waals surface area contributed by atoms with Crippen LogP contribution in [0.15, 0.2) is 28.8 Å². The fraction of sp³-hybridized carbons (Fsp3) is 0.385. The van der Waals surface area contributed by atoms with Crippen molar-refractivity contribution in [2.24, 2.45) is 5.73 Å². The van der Waals surface area contributed by atoms with Gasteiger partial charge in [-0.1, -0.05) is 23.4 Å². The predicted octanol–water partition coefficient (Wildman–Crippen LogP) is 1.61. The highest BCUT2D eigenvalue weighted by Crippen LogP contribution is 2.22. The van der Waals surface area contributed by atoms with Crippen molar-refractivity contribution < 1.29 is 4.52 Å². The summed E-state index contributed by atoms with van der Waals surface area (Å²) in [5.41, 5.74) is 8.06. The summed E-state index contributed by atoms with van der Waals surface area (Å²) < 4.78 is 5.27. The Morgan fingerprint density at radius 3 is 2.72 bits per heavy atom. The Balaban J connectivity index is 2.23. The van der Waals surface area contributed by atoms with Crippen LogP contribution in [0.5, 0.6) is 0 Å². The van der Waals surface area contributed by atoms with Gasteiger partial charge in [-0.05, 0) is 32.6 Å². The average molecular weight is 246 g/mol. The van der Waals surface area contributed by atoms with Gasteiger partial charge in [-0.2, -0.15) is 4.98 Å². The molecule has 96 valence electrons. The van der Waals surface area contributed by atoms with Gasteiger partial charge in [0, 0.05) is 12.1 Å². The van der Waals surface area contributed by atoms with Crippen LogP contribution in [0.1, 0.15) is 17.4 Å². The van der Waals surface area contributed by atoms with Crippen LogP contribution in [0.4, 0.5) is 0 Å². The third kappa shape index (κ3) is 2.75. The van der Waals surface area contributed by atoms with E-state index >= 15 is 0 Å². The van der Waals surface area contributed by atoms with Crippen LogP contribution in [0.3, 0.4) is 0 Å². The SMILES string of the molecule is Cc1ccccc1-c1nc(C(N)CN(C)C)no1. The molecule has 2 aromatic rings. The molecule has 1 aromatic carbocycles. The summed E-state index contributed by atoms with van der Waals surface area (Å²) >= 11 is 0. The molecule has 2 N–H and O–H groups in total. The van der Waals surface area contributed by atoms with Gasteiger partial charge in [-0.25, -0.2) is 0 Å². The molecule has 1 aromatic heterocycles. The fourth-order valence-electron chi connectivity index (χ4n) is 1.78. The number of hydrogen-bond acceptors (Lipinski definition) is 5. The van der Waals surface area contributed by atoms with E-state index in [-0.39, 0.29) is 6.04 Å². The fourth-order valence-corrected chi connectivity index (χ4v) is 1.78. The second kappa shape index (κ2) is 5.29. The number of nitrogens with zero attached hydrogens (tertiary/aromatic N) is 3. The average Bonchev–Trinajstić information content (AvgIpc) is 2.78. The van der Waals surface area contributed by atoms with E-state index < -0.39 is 0 Å². The van der Waals surface area contributed by atoms with Crippen molar-refractivity contribution in [3.63, 3.8) is 0 Å². The molecule has 0 aliphatic heterocycles. The lowest BCUT2D eigenvalue weighted by molar-refractivity contribution is 0.357. The number of rotatable bonds is 4. The second-order valence-electron chi connectivity index (χ2n) is 4.64. The topological polar surface area (TPSA) is 68.2 Å². The van der Waals surface area contributed by atoms with E-state index in [2.05, 4.69) is 10.1 Å². The molecule has 0 aliphatic rings. The largest absolute Gasteiger partial charge is 0.334 e. The van der Waals surface area contributed by atoms with Crippen molar-refractivity contribution in [3.8, 4) is 11.5 Å². The zero-order chi connectivity index (χ0) is 13.1. The van der Waals surface area contributed by atoms with Gasteiger partial charge in [-0.3, -0.25) is 0 Å². The van der Waals surface area contributed by atoms with E-state index in [1.807, 2.05) is 50.2 Å². The zero-order valence-electron chi connectivity index (χ0n) is 10.9.